The van der Waals surface area contributed by atoms with Gasteiger partial charge in [0.15, 0.2) is 0 Å². The number of H-pyrrole nitrogens is 1. The Morgan fingerprint density at radius 3 is 2.85 bits per heavy atom. The smallest absolute Gasteiger partial charge is 0.313 e. The first-order chi connectivity index (χ1) is 13.0. The summed E-state index contributed by atoms with van der Waals surface area (Å²) in [6.45, 7) is 0. The number of aromatic nitrogens is 1. The highest BCUT2D eigenvalue weighted by atomic mass is 35.5. The highest BCUT2D eigenvalue weighted by Crippen LogP contribution is 2.41. The number of carbonyl (C=O) groups is 2. The fourth-order valence-corrected chi connectivity index (χ4v) is 4.83. The molecule has 3 N–H and O–H groups in total. The first-order valence-electron chi connectivity index (χ1n) is 8.51. The Morgan fingerprint density at radius 1 is 1.22 bits per heavy atom. The van der Waals surface area contributed by atoms with Gasteiger partial charge in [0.25, 0.3) is 5.91 Å². The molecule has 1 aliphatic rings. The number of aliphatic carboxylic acids is 1. The number of benzene rings is 2. The molecule has 0 unspecified atom stereocenters. The van der Waals surface area contributed by atoms with Crippen LogP contribution >= 0.6 is 23.4 Å². The first kappa shape index (κ1) is 17.9. The van der Waals surface area contributed by atoms with Crippen molar-refractivity contribution in [3.05, 3.63) is 70.4 Å². The van der Waals surface area contributed by atoms with E-state index in [4.69, 9.17) is 16.7 Å². The average molecular weight is 401 g/mol. The van der Waals surface area contributed by atoms with E-state index in [0.717, 1.165) is 22.0 Å². The molecule has 1 amide bonds. The normalized spacial score (nSPS) is 18.4. The van der Waals surface area contributed by atoms with Crippen LogP contribution in [0.5, 0.6) is 0 Å². The van der Waals surface area contributed by atoms with Gasteiger partial charge in [-0.05, 0) is 41.8 Å². The number of hydrogen-bond acceptors (Lipinski definition) is 3. The van der Waals surface area contributed by atoms with Gasteiger partial charge in [-0.15, -0.1) is 11.8 Å². The second kappa shape index (κ2) is 7.29. The van der Waals surface area contributed by atoms with Crippen molar-refractivity contribution in [2.45, 2.75) is 17.7 Å². The van der Waals surface area contributed by atoms with E-state index < -0.39 is 5.97 Å². The maximum Gasteiger partial charge on any atom is 0.313 e. The fourth-order valence-electron chi connectivity index (χ4n) is 3.52. The number of carboxylic acid groups (broad SMARTS) is 1. The highest BCUT2D eigenvalue weighted by Gasteiger charge is 2.34. The molecule has 0 saturated heterocycles. The lowest BCUT2D eigenvalue weighted by molar-refractivity contribution is -0.133. The van der Waals surface area contributed by atoms with Crippen molar-refractivity contribution in [1.29, 1.82) is 0 Å². The second-order valence-electron chi connectivity index (χ2n) is 6.52. The lowest BCUT2D eigenvalue weighted by Gasteiger charge is -2.20. The third-order valence-electron chi connectivity index (χ3n) is 4.70. The van der Waals surface area contributed by atoms with Crippen LogP contribution in [0, 0.1) is 0 Å². The molecule has 5 nitrogen and oxygen atoms in total. The van der Waals surface area contributed by atoms with Gasteiger partial charge in [0, 0.05) is 22.0 Å². The summed E-state index contributed by atoms with van der Waals surface area (Å²) in [5, 5.41) is 13.5. The van der Waals surface area contributed by atoms with Gasteiger partial charge >= 0.3 is 5.97 Å². The summed E-state index contributed by atoms with van der Waals surface area (Å²) in [6, 6.07) is 15.0. The minimum absolute atomic E-state index is 0.00371. The number of hydrogen-bond donors (Lipinski definition) is 3. The van der Waals surface area contributed by atoms with Gasteiger partial charge in [-0.2, -0.15) is 0 Å². The van der Waals surface area contributed by atoms with Crippen LogP contribution in [0.2, 0.25) is 5.02 Å². The number of thioether (sulfide) groups is 1. The minimum atomic E-state index is -0.859. The molecule has 3 aromatic rings. The molecule has 0 bridgehead atoms. The lowest BCUT2D eigenvalue weighted by atomic mass is 10.1. The van der Waals surface area contributed by atoms with Gasteiger partial charge in [-0.1, -0.05) is 35.9 Å². The lowest BCUT2D eigenvalue weighted by Crippen LogP contribution is -2.37. The van der Waals surface area contributed by atoms with E-state index in [1.165, 1.54) is 11.8 Å². The summed E-state index contributed by atoms with van der Waals surface area (Å²) >= 11 is 7.36. The second-order valence-corrected chi connectivity index (χ2v) is 8.09. The monoisotopic (exact) mass is 400 g/mol. The molecule has 0 radical (unpaired) electrons. The van der Waals surface area contributed by atoms with Gasteiger partial charge in [0.1, 0.15) is 5.69 Å². The summed E-state index contributed by atoms with van der Waals surface area (Å²) in [5.74, 6) is -1.07. The van der Waals surface area contributed by atoms with E-state index in [1.807, 2.05) is 30.3 Å². The maximum absolute atomic E-state index is 12.8. The molecule has 2 atom stereocenters. The molecule has 1 heterocycles. The molecule has 1 aliphatic carbocycles. The Morgan fingerprint density at radius 2 is 2.04 bits per heavy atom. The Kier molecular flexibility index (Phi) is 4.85. The number of rotatable bonds is 5. The van der Waals surface area contributed by atoms with Crippen LogP contribution in [0.4, 0.5) is 0 Å². The Bertz CT molecular complexity index is 1030. The molecular weight excluding hydrogens is 384 g/mol. The van der Waals surface area contributed by atoms with Crippen molar-refractivity contribution in [2.24, 2.45) is 0 Å². The van der Waals surface area contributed by atoms with Crippen molar-refractivity contribution < 1.29 is 14.7 Å². The zero-order chi connectivity index (χ0) is 19.0. The SMILES string of the molecule is O=C(O)CS[C@@H]1c2ccccc2C[C@H]1NC(=O)c1cc2cc(Cl)ccc2[nH]1. The maximum atomic E-state index is 12.8. The number of amides is 1. The van der Waals surface area contributed by atoms with Gasteiger partial charge in [0.2, 0.25) is 0 Å². The molecule has 0 fully saturated rings. The van der Waals surface area contributed by atoms with Crippen LogP contribution in [-0.4, -0.2) is 33.8 Å². The molecule has 0 aliphatic heterocycles. The van der Waals surface area contributed by atoms with Crippen LogP contribution in [0.25, 0.3) is 10.9 Å². The van der Waals surface area contributed by atoms with Crippen molar-refractivity contribution in [3.8, 4) is 0 Å². The topological polar surface area (TPSA) is 82.2 Å². The van der Waals surface area contributed by atoms with Gasteiger partial charge in [-0.25, -0.2) is 0 Å². The van der Waals surface area contributed by atoms with Gasteiger partial charge < -0.3 is 15.4 Å². The standard InChI is InChI=1S/C20H17ClN2O3S/c21-13-5-6-15-12(7-13)9-17(22-15)20(26)23-16-8-11-3-1-2-4-14(11)19(16)27-10-18(24)25/h1-7,9,16,19,22H,8,10H2,(H,23,26)(H,24,25)/t16-,19-/m1/s1. The van der Waals surface area contributed by atoms with E-state index in [2.05, 4.69) is 10.3 Å². The number of fused-ring (bicyclic) bond motifs is 2. The Hall–Kier alpha value is -2.44. The van der Waals surface area contributed by atoms with Crippen LogP contribution in [0.15, 0.2) is 48.5 Å². The zero-order valence-corrected chi connectivity index (χ0v) is 15.8. The predicted octanol–water partition coefficient (Wildman–Crippen LogP) is 4.03. The van der Waals surface area contributed by atoms with E-state index in [-0.39, 0.29) is 23.0 Å². The minimum Gasteiger partial charge on any atom is -0.481 e. The molecular formula is C20H17ClN2O3S. The summed E-state index contributed by atoms with van der Waals surface area (Å²) in [6.07, 6.45) is 0.686. The van der Waals surface area contributed by atoms with E-state index in [9.17, 15) is 9.59 Å². The third kappa shape index (κ3) is 3.68. The van der Waals surface area contributed by atoms with Crippen LogP contribution in [0.1, 0.15) is 26.9 Å². The Balaban J connectivity index is 1.56. The molecule has 4 rings (SSSR count). The fraction of sp³-hybridized carbons (Fsp3) is 0.200. The molecule has 0 spiro atoms. The van der Waals surface area contributed by atoms with E-state index >= 15 is 0 Å². The van der Waals surface area contributed by atoms with Crippen LogP contribution in [0.3, 0.4) is 0 Å². The molecule has 0 saturated carbocycles. The summed E-state index contributed by atoms with van der Waals surface area (Å²) < 4.78 is 0. The van der Waals surface area contributed by atoms with Gasteiger partial charge in [0.05, 0.1) is 11.0 Å². The van der Waals surface area contributed by atoms with Crippen molar-refractivity contribution in [2.75, 3.05) is 5.75 Å². The quantitative estimate of drug-likeness (QED) is 0.603. The molecule has 1 aromatic heterocycles. The Labute approximate surface area is 165 Å². The number of carbonyl (C=O) groups excluding carboxylic acids is 1. The van der Waals surface area contributed by atoms with E-state index in [1.54, 1.807) is 18.2 Å². The number of halogens is 1. The summed E-state index contributed by atoms with van der Waals surface area (Å²) in [4.78, 5) is 26.9. The van der Waals surface area contributed by atoms with Crippen molar-refractivity contribution in [3.63, 3.8) is 0 Å². The highest BCUT2D eigenvalue weighted by molar-refractivity contribution is 8.00. The van der Waals surface area contributed by atoms with Crippen LogP contribution in [-0.2, 0) is 11.2 Å². The average Bonchev–Trinajstić information content (AvgIpc) is 3.20. The summed E-state index contributed by atoms with van der Waals surface area (Å²) in [7, 11) is 0. The van der Waals surface area contributed by atoms with Gasteiger partial charge in [-0.3, -0.25) is 9.59 Å². The molecule has 7 heteroatoms. The third-order valence-corrected chi connectivity index (χ3v) is 6.29. The van der Waals surface area contributed by atoms with E-state index in [0.29, 0.717) is 17.1 Å². The predicted molar refractivity (Wildman–Crippen MR) is 108 cm³/mol. The number of nitrogens with one attached hydrogen (secondary N) is 2. The van der Waals surface area contributed by atoms with Crippen molar-refractivity contribution >= 4 is 46.1 Å². The largest absolute Gasteiger partial charge is 0.481 e. The summed E-state index contributed by atoms with van der Waals surface area (Å²) in [5.41, 5.74) is 3.55. The zero-order valence-electron chi connectivity index (χ0n) is 14.2. The molecule has 2 aromatic carbocycles. The molecule has 27 heavy (non-hydrogen) atoms. The first-order valence-corrected chi connectivity index (χ1v) is 9.94. The number of aromatic amines is 1. The van der Waals surface area contributed by atoms with Crippen LogP contribution < -0.4 is 5.32 Å². The molecule has 138 valence electrons. The number of carboxylic acids is 1. The van der Waals surface area contributed by atoms with Crippen molar-refractivity contribution in [1.82, 2.24) is 10.3 Å².